The molecular formula is C13H13N3OS2. The van der Waals surface area contributed by atoms with Crippen molar-refractivity contribution in [2.45, 2.75) is 6.92 Å². The SMILES string of the molecule is CNc1snc(C)c1-c1nc2ccc(OC)cc2s1. The monoisotopic (exact) mass is 291 g/mol. The Kier molecular flexibility index (Phi) is 3.12. The van der Waals surface area contributed by atoms with Crippen LogP contribution in [0.25, 0.3) is 20.8 Å². The number of ether oxygens (including phenoxy) is 1. The third-order valence-electron chi connectivity index (χ3n) is 2.90. The number of nitrogens with zero attached hydrogens (tertiary/aromatic N) is 2. The van der Waals surface area contributed by atoms with Crippen molar-refractivity contribution in [3.8, 4) is 16.3 Å². The van der Waals surface area contributed by atoms with Crippen molar-refractivity contribution in [2.24, 2.45) is 0 Å². The summed E-state index contributed by atoms with van der Waals surface area (Å²) in [6.07, 6.45) is 0. The number of benzene rings is 1. The molecule has 0 spiro atoms. The highest BCUT2D eigenvalue weighted by molar-refractivity contribution is 7.22. The molecule has 0 unspecified atom stereocenters. The van der Waals surface area contributed by atoms with Crippen LogP contribution in [0.5, 0.6) is 5.75 Å². The van der Waals surface area contributed by atoms with E-state index < -0.39 is 0 Å². The smallest absolute Gasteiger partial charge is 0.129 e. The van der Waals surface area contributed by atoms with Crippen molar-refractivity contribution < 1.29 is 4.74 Å². The molecule has 0 bridgehead atoms. The number of aromatic nitrogens is 2. The molecule has 0 aliphatic heterocycles. The second-order valence-electron chi connectivity index (χ2n) is 4.07. The zero-order valence-corrected chi connectivity index (χ0v) is 12.5. The first-order valence-electron chi connectivity index (χ1n) is 5.82. The highest BCUT2D eigenvalue weighted by Crippen LogP contribution is 2.39. The lowest BCUT2D eigenvalue weighted by atomic mass is 10.2. The Hall–Kier alpha value is -1.66. The number of hydrogen-bond acceptors (Lipinski definition) is 6. The summed E-state index contributed by atoms with van der Waals surface area (Å²) in [6, 6.07) is 5.94. The van der Waals surface area contributed by atoms with Gasteiger partial charge in [0.25, 0.3) is 0 Å². The van der Waals surface area contributed by atoms with E-state index in [1.807, 2.05) is 32.2 Å². The Labute approximate surface area is 119 Å². The molecule has 98 valence electrons. The van der Waals surface area contributed by atoms with E-state index in [1.165, 1.54) is 11.5 Å². The molecular weight excluding hydrogens is 278 g/mol. The maximum Gasteiger partial charge on any atom is 0.129 e. The lowest BCUT2D eigenvalue weighted by Crippen LogP contribution is -1.87. The summed E-state index contributed by atoms with van der Waals surface area (Å²) in [5.74, 6) is 0.858. The number of anilines is 1. The molecule has 6 heteroatoms. The van der Waals surface area contributed by atoms with Gasteiger partial charge in [-0.2, -0.15) is 4.37 Å². The van der Waals surface area contributed by atoms with Crippen LogP contribution in [0.15, 0.2) is 18.2 Å². The highest BCUT2D eigenvalue weighted by Gasteiger charge is 2.16. The number of thiazole rings is 1. The topological polar surface area (TPSA) is 47.0 Å². The van der Waals surface area contributed by atoms with Crippen LogP contribution in [0.3, 0.4) is 0 Å². The first kappa shape index (κ1) is 12.4. The molecule has 1 aromatic carbocycles. The van der Waals surface area contributed by atoms with Gasteiger partial charge in [-0.15, -0.1) is 11.3 Å². The summed E-state index contributed by atoms with van der Waals surface area (Å²) in [7, 11) is 3.59. The molecule has 4 nitrogen and oxygen atoms in total. The van der Waals surface area contributed by atoms with Gasteiger partial charge < -0.3 is 10.1 Å². The van der Waals surface area contributed by atoms with E-state index in [4.69, 9.17) is 4.74 Å². The van der Waals surface area contributed by atoms with E-state index in [9.17, 15) is 0 Å². The lowest BCUT2D eigenvalue weighted by Gasteiger charge is -1.98. The van der Waals surface area contributed by atoms with Gasteiger partial charge in [0, 0.05) is 7.05 Å². The largest absolute Gasteiger partial charge is 0.497 e. The van der Waals surface area contributed by atoms with E-state index in [2.05, 4.69) is 14.7 Å². The minimum absolute atomic E-state index is 0.858. The minimum Gasteiger partial charge on any atom is -0.497 e. The van der Waals surface area contributed by atoms with Gasteiger partial charge in [-0.3, -0.25) is 0 Å². The molecule has 2 aromatic heterocycles. The molecule has 1 N–H and O–H groups in total. The maximum absolute atomic E-state index is 5.25. The molecule has 0 fully saturated rings. The fourth-order valence-electron chi connectivity index (χ4n) is 1.93. The predicted molar refractivity (Wildman–Crippen MR) is 81.6 cm³/mol. The Morgan fingerprint density at radius 3 is 2.89 bits per heavy atom. The predicted octanol–water partition coefficient (Wildman–Crippen LogP) is 3.78. The van der Waals surface area contributed by atoms with E-state index >= 15 is 0 Å². The molecule has 3 aromatic rings. The number of fused-ring (bicyclic) bond motifs is 1. The fourth-order valence-corrected chi connectivity index (χ4v) is 3.84. The summed E-state index contributed by atoms with van der Waals surface area (Å²) >= 11 is 3.13. The number of nitrogens with one attached hydrogen (secondary N) is 1. The third kappa shape index (κ3) is 2.06. The molecule has 0 amide bonds. The highest BCUT2D eigenvalue weighted by atomic mass is 32.1. The van der Waals surface area contributed by atoms with Crippen LogP contribution in [-0.4, -0.2) is 23.5 Å². The molecule has 0 radical (unpaired) electrons. The Morgan fingerprint density at radius 2 is 2.16 bits per heavy atom. The van der Waals surface area contributed by atoms with Crippen LogP contribution in [-0.2, 0) is 0 Å². The van der Waals surface area contributed by atoms with Gasteiger partial charge >= 0.3 is 0 Å². The number of aryl methyl sites for hydroxylation is 1. The van der Waals surface area contributed by atoms with Crippen molar-refractivity contribution >= 4 is 38.1 Å². The molecule has 0 saturated carbocycles. The van der Waals surface area contributed by atoms with Crippen LogP contribution in [0.1, 0.15) is 5.69 Å². The average Bonchev–Trinajstić information content (AvgIpc) is 3.00. The van der Waals surface area contributed by atoms with Crippen molar-refractivity contribution in [3.63, 3.8) is 0 Å². The summed E-state index contributed by atoms with van der Waals surface area (Å²) in [6.45, 7) is 2.01. The number of rotatable bonds is 3. The van der Waals surface area contributed by atoms with Crippen molar-refractivity contribution in [1.82, 2.24) is 9.36 Å². The zero-order valence-electron chi connectivity index (χ0n) is 10.9. The summed E-state index contributed by atoms with van der Waals surface area (Å²) in [5, 5.41) is 5.24. The second-order valence-corrected chi connectivity index (χ2v) is 5.88. The lowest BCUT2D eigenvalue weighted by molar-refractivity contribution is 0.415. The van der Waals surface area contributed by atoms with Crippen molar-refractivity contribution in [2.75, 3.05) is 19.5 Å². The normalized spacial score (nSPS) is 10.9. The first-order chi connectivity index (χ1) is 9.22. The van der Waals surface area contributed by atoms with Gasteiger partial charge in [0.2, 0.25) is 0 Å². The van der Waals surface area contributed by atoms with E-state index in [0.29, 0.717) is 0 Å². The summed E-state index contributed by atoms with van der Waals surface area (Å²) in [5.41, 5.74) is 3.11. The minimum atomic E-state index is 0.858. The van der Waals surface area contributed by atoms with Crippen LogP contribution < -0.4 is 10.1 Å². The van der Waals surface area contributed by atoms with Gasteiger partial charge in [0.1, 0.15) is 15.8 Å². The van der Waals surface area contributed by atoms with Gasteiger partial charge in [-0.05, 0) is 36.7 Å². The molecule has 3 rings (SSSR count). The van der Waals surface area contributed by atoms with Crippen molar-refractivity contribution in [1.29, 1.82) is 0 Å². The standard InChI is InChI=1S/C13H13N3OS2/c1-7-11(12(14-2)19-16-7)13-15-9-5-4-8(17-3)6-10(9)18-13/h4-6,14H,1-3H3. The summed E-state index contributed by atoms with van der Waals surface area (Å²) in [4.78, 5) is 4.69. The molecule has 0 aliphatic carbocycles. The van der Waals surface area contributed by atoms with E-state index in [0.717, 1.165) is 37.2 Å². The summed E-state index contributed by atoms with van der Waals surface area (Å²) < 4.78 is 10.8. The molecule has 19 heavy (non-hydrogen) atoms. The first-order valence-corrected chi connectivity index (χ1v) is 7.41. The molecule has 0 aliphatic rings. The van der Waals surface area contributed by atoms with Gasteiger partial charge in [-0.1, -0.05) is 0 Å². The van der Waals surface area contributed by atoms with Crippen molar-refractivity contribution in [3.05, 3.63) is 23.9 Å². The second kappa shape index (κ2) is 4.79. The Balaban J connectivity index is 2.17. The Bertz CT molecular complexity index is 733. The van der Waals surface area contributed by atoms with Crippen LogP contribution >= 0.6 is 22.9 Å². The number of hydrogen-bond donors (Lipinski definition) is 1. The van der Waals surface area contributed by atoms with Gasteiger partial charge in [-0.25, -0.2) is 4.98 Å². The van der Waals surface area contributed by atoms with Gasteiger partial charge in [0.05, 0.1) is 28.6 Å². The quantitative estimate of drug-likeness (QED) is 0.798. The Morgan fingerprint density at radius 1 is 1.32 bits per heavy atom. The van der Waals surface area contributed by atoms with E-state index in [-0.39, 0.29) is 0 Å². The van der Waals surface area contributed by atoms with Crippen LogP contribution in [0, 0.1) is 6.92 Å². The maximum atomic E-state index is 5.25. The number of methoxy groups -OCH3 is 1. The third-order valence-corrected chi connectivity index (χ3v) is 4.89. The average molecular weight is 291 g/mol. The van der Waals surface area contributed by atoms with Gasteiger partial charge in [0.15, 0.2) is 0 Å². The fraction of sp³-hybridized carbons (Fsp3) is 0.231. The van der Waals surface area contributed by atoms with Crippen LogP contribution in [0.2, 0.25) is 0 Å². The molecule has 2 heterocycles. The van der Waals surface area contributed by atoms with E-state index in [1.54, 1.807) is 18.4 Å². The molecule has 0 saturated heterocycles. The zero-order chi connectivity index (χ0) is 13.4. The molecule has 0 atom stereocenters. The van der Waals surface area contributed by atoms with Crippen LogP contribution in [0.4, 0.5) is 5.00 Å².